The lowest BCUT2D eigenvalue weighted by atomic mass is 10.0. The Bertz CT molecular complexity index is 482. The van der Waals surface area contributed by atoms with Gasteiger partial charge in [0.1, 0.15) is 18.4 Å². The number of aliphatic hydroxyl groups excluding tert-OH is 1. The molecule has 0 aromatic heterocycles. The minimum Gasteiger partial charge on any atom is -0.480 e. The number of aliphatic hydroxyl groups is 1. The number of hydrogen-bond acceptors (Lipinski definition) is 6. The van der Waals surface area contributed by atoms with E-state index < -0.39 is 42.4 Å². The molecule has 2 heterocycles. The van der Waals surface area contributed by atoms with Gasteiger partial charge in [0.25, 0.3) is 0 Å². The highest BCUT2D eigenvalue weighted by molar-refractivity contribution is 5.87. The second-order valence-corrected chi connectivity index (χ2v) is 5.96. The maximum atomic E-state index is 11.9. The molecule has 2 rings (SSSR count). The number of carbonyl (C=O) groups excluding carboxylic acids is 2. The number of fused-ring (bicyclic) bond motifs is 1. The topological polar surface area (TPSA) is 142 Å². The summed E-state index contributed by atoms with van der Waals surface area (Å²) in [7, 11) is 0. The summed E-state index contributed by atoms with van der Waals surface area (Å²) in [5.41, 5.74) is 5.66. The third-order valence-corrected chi connectivity index (χ3v) is 4.03. The first-order chi connectivity index (χ1) is 10.2. The van der Waals surface area contributed by atoms with Gasteiger partial charge in [0.15, 0.2) is 6.04 Å². The molecule has 9 heteroatoms. The Labute approximate surface area is 127 Å². The molecule has 2 amide bonds. The number of β-lactam (4-membered cyclic amide) rings is 1. The van der Waals surface area contributed by atoms with Gasteiger partial charge in [0, 0.05) is 0 Å². The first-order valence-corrected chi connectivity index (χ1v) is 7.14. The van der Waals surface area contributed by atoms with Crippen LogP contribution in [0.2, 0.25) is 0 Å². The molecule has 2 saturated heterocycles. The van der Waals surface area contributed by atoms with Crippen LogP contribution in [0.5, 0.6) is 0 Å². The molecule has 9 nitrogen and oxygen atoms in total. The standard InChI is InChI=1S/C13H21N3O6/c1-5(2)9(14)12(19)15-10(13(20)21)11(18)6-4-16-7(17)3-8(16)22-6/h5-6,8-11,18H,3-4,14H2,1-2H3,(H,15,19)(H,20,21)/t6-,8+,9+,10+,11?/m1/s1. The number of nitrogens with zero attached hydrogens (tertiary/aromatic N) is 1. The normalized spacial score (nSPS) is 27.9. The van der Waals surface area contributed by atoms with Crippen molar-refractivity contribution in [2.45, 2.75) is 50.8 Å². The Hall–Kier alpha value is -1.71. The van der Waals surface area contributed by atoms with Crippen LogP contribution in [0.15, 0.2) is 0 Å². The number of nitrogens with one attached hydrogen (secondary N) is 1. The van der Waals surface area contributed by atoms with Crippen LogP contribution in [0.1, 0.15) is 20.3 Å². The number of aliphatic carboxylic acids is 1. The van der Waals surface area contributed by atoms with E-state index >= 15 is 0 Å². The Morgan fingerprint density at radius 2 is 2.09 bits per heavy atom. The smallest absolute Gasteiger partial charge is 0.329 e. The summed E-state index contributed by atoms with van der Waals surface area (Å²) in [6.45, 7) is 3.57. The van der Waals surface area contributed by atoms with Crippen molar-refractivity contribution < 1.29 is 29.3 Å². The van der Waals surface area contributed by atoms with E-state index in [1.54, 1.807) is 13.8 Å². The Morgan fingerprint density at radius 1 is 1.45 bits per heavy atom. The van der Waals surface area contributed by atoms with E-state index in [1.807, 2.05) is 0 Å². The Balaban J connectivity index is 2.00. The Morgan fingerprint density at radius 3 is 2.55 bits per heavy atom. The van der Waals surface area contributed by atoms with Gasteiger partial charge in [-0.25, -0.2) is 4.79 Å². The van der Waals surface area contributed by atoms with Gasteiger partial charge in [-0.15, -0.1) is 0 Å². The molecule has 5 atom stereocenters. The van der Waals surface area contributed by atoms with Gasteiger partial charge in [-0.3, -0.25) is 9.59 Å². The number of ether oxygens (including phenoxy) is 1. The van der Waals surface area contributed by atoms with E-state index in [2.05, 4.69) is 5.32 Å². The summed E-state index contributed by atoms with van der Waals surface area (Å²) in [4.78, 5) is 35.9. The SMILES string of the molecule is CC(C)[C@H](N)C(=O)N[C@H](C(=O)O)C(O)[C@H]1CN2C(=O)C[C@@H]2O1. The minimum absolute atomic E-state index is 0.0996. The average molecular weight is 315 g/mol. The number of carboxylic acids is 1. The number of nitrogens with two attached hydrogens (primary N) is 1. The zero-order valence-electron chi connectivity index (χ0n) is 12.4. The number of hydrogen-bond donors (Lipinski definition) is 4. The second kappa shape index (κ2) is 6.19. The molecule has 0 spiro atoms. The molecule has 1 unspecified atom stereocenters. The van der Waals surface area contributed by atoms with Crippen LogP contribution in [-0.4, -0.2) is 70.0 Å². The highest BCUT2D eigenvalue weighted by Crippen LogP contribution is 2.30. The van der Waals surface area contributed by atoms with E-state index in [9.17, 15) is 24.6 Å². The molecule has 0 radical (unpaired) electrons. The van der Waals surface area contributed by atoms with Crippen molar-refractivity contribution in [3.8, 4) is 0 Å². The van der Waals surface area contributed by atoms with Gasteiger partial charge in [-0.1, -0.05) is 13.8 Å². The van der Waals surface area contributed by atoms with Gasteiger partial charge < -0.3 is 30.9 Å². The molecule has 0 saturated carbocycles. The van der Waals surface area contributed by atoms with Crippen molar-refractivity contribution in [3.63, 3.8) is 0 Å². The maximum absolute atomic E-state index is 11.9. The van der Waals surface area contributed by atoms with Crippen LogP contribution in [0, 0.1) is 5.92 Å². The average Bonchev–Trinajstić information content (AvgIpc) is 2.79. The van der Waals surface area contributed by atoms with Crippen LogP contribution < -0.4 is 11.1 Å². The minimum atomic E-state index is -1.55. The molecular formula is C13H21N3O6. The lowest BCUT2D eigenvalue weighted by molar-refractivity contribution is -0.161. The fourth-order valence-electron chi connectivity index (χ4n) is 2.45. The van der Waals surface area contributed by atoms with Crippen molar-refractivity contribution in [2.75, 3.05) is 6.54 Å². The molecule has 2 fully saturated rings. The summed E-state index contributed by atoms with van der Waals surface area (Å²) in [5, 5.41) is 21.7. The predicted molar refractivity (Wildman–Crippen MR) is 73.4 cm³/mol. The van der Waals surface area contributed by atoms with E-state index in [0.717, 1.165) is 0 Å². The first kappa shape index (κ1) is 16.7. The zero-order chi connectivity index (χ0) is 16.6. The number of rotatable bonds is 6. The third-order valence-electron chi connectivity index (χ3n) is 4.03. The van der Waals surface area contributed by atoms with Crippen LogP contribution >= 0.6 is 0 Å². The fraction of sp³-hybridized carbons (Fsp3) is 0.769. The maximum Gasteiger partial charge on any atom is 0.329 e. The first-order valence-electron chi connectivity index (χ1n) is 7.14. The van der Waals surface area contributed by atoms with E-state index in [4.69, 9.17) is 10.5 Å². The largest absolute Gasteiger partial charge is 0.480 e. The van der Waals surface area contributed by atoms with Crippen molar-refractivity contribution in [1.82, 2.24) is 10.2 Å². The molecule has 5 N–H and O–H groups in total. The molecular weight excluding hydrogens is 294 g/mol. The molecule has 2 aliphatic rings. The van der Waals surface area contributed by atoms with Crippen LogP contribution in [0.3, 0.4) is 0 Å². The van der Waals surface area contributed by atoms with Gasteiger partial charge in [-0.05, 0) is 5.92 Å². The predicted octanol–water partition coefficient (Wildman–Crippen LogP) is -2.14. The fourth-order valence-corrected chi connectivity index (χ4v) is 2.45. The van der Waals surface area contributed by atoms with Crippen LogP contribution in [0.4, 0.5) is 0 Å². The molecule has 22 heavy (non-hydrogen) atoms. The van der Waals surface area contributed by atoms with Crippen molar-refractivity contribution in [2.24, 2.45) is 11.7 Å². The summed E-state index contributed by atoms with van der Waals surface area (Å²) in [5.74, 6) is -2.31. The number of carbonyl (C=O) groups is 3. The van der Waals surface area contributed by atoms with E-state index in [1.165, 1.54) is 4.90 Å². The van der Waals surface area contributed by atoms with E-state index in [0.29, 0.717) is 0 Å². The lowest BCUT2D eigenvalue weighted by Gasteiger charge is -2.31. The van der Waals surface area contributed by atoms with Crippen LogP contribution in [-0.2, 0) is 19.1 Å². The van der Waals surface area contributed by atoms with Crippen LogP contribution in [0.25, 0.3) is 0 Å². The third kappa shape index (κ3) is 3.06. The van der Waals surface area contributed by atoms with Crippen molar-refractivity contribution in [3.05, 3.63) is 0 Å². The molecule has 0 aliphatic carbocycles. The quantitative estimate of drug-likeness (QED) is 0.410. The summed E-state index contributed by atoms with van der Waals surface area (Å²) in [6, 6.07) is -2.42. The molecule has 0 aromatic rings. The van der Waals surface area contributed by atoms with Gasteiger partial charge in [0.2, 0.25) is 11.8 Å². The number of amides is 2. The zero-order valence-corrected chi connectivity index (χ0v) is 12.4. The highest BCUT2D eigenvalue weighted by atomic mass is 16.5. The molecule has 124 valence electrons. The summed E-state index contributed by atoms with van der Waals surface area (Å²) in [6.07, 6.45) is -2.51. The molecule has 2 aliphatic heterocycles. The molecule has 0 aromatic carbocycles. The lowest BCUT2D eigenvalue weighted by Crippen LogP contribution is -2.57. The second-order valence-electron chi connectivity index (χ2n) is 5.96. The van der Waals surface area contributed by atoms with Gasteiger partial charge >= 0.3 is 5.97 Å². The van der Waals surface area contributed by atoms with Crippen molar-refractivity contribution in [1.29, 1.82) is 0 Å². The van der Waals surface area contributed by atoms with Crippen molar-refractivity contribution >= 4 is 17.8 Å². The van der Waals surface area contributed by atoms with Gasteiger partial charge in [-0.2, -0.15) is 0 Å². The monoisotopic (exact) mass is 315 g/mol. The molecule has 0 bridgehead atoms. The summed E-state index contributed by atoms with van der Waals surface area (Å²) >= 11 is 0. The van der Waals surface area contributed by atoms with E-state index in [-0.39, 0.29) is 24.8 Å². The highest BCUT2D eigenvalue weighted by Gasteiger charge is 2.49. The Kier molecular flexibility index (Phi) is 4.69. The number of carboxylic acid groups (broad SMARTS) is 1. The summed E-state index contributed by atoms with van der Waals surface area (Å²) < 4.78 is 5.42. The van der Waals surface area contributed by atoms with Gasteiger partial charge in [0.05, 0.1) is 19.0 Å².